The highest BCUT2D eigenvalue weighted by Gasteiger charge is 2.43. The van der Waals surface area contributed by atoms with Crippen molar-refractivity contribution in [2.75, 3.05) is 26.2 Å². The van der Waals surface area contributed by atoms with E-state index >= 15 is 0 Å². The Morgan fingerprint density at radius 2 is 1.80 bits per heavy atom. The third-order valence-electron chi connectivity index (χ3n) is 6.08. The molecule has 3 unspecified atom stereocenters. The number of carbonyl (C=O) groups excluding carboxylic acids is 1. The van der Waals surface area contributed by atoms with E-state index in [2.05, 4.69) is 0 Å². The number of halogens is 1. The fraction of sp³-hybridized carbons (Fsp3) is 0.941. The van der Waals surface area contributed by atoms with E-state index in [4.69, 9.17) is 5.73 Å². The summed E-state index contributed by atoms with van der Waals surface area (Å²) in [5, 5.41) is -0.449. The molecule has 8 heteroatoms. The van der Waals surface area contributed by atoms with Gasteiger partial charge < -0.3 is 10.6 Å². The Labute approximate surface area is 157 Å². The predicted octanol–water partition coefficient (Wildman–Crippen LogP) is 1.59. The van der Waals surface area contributed by atoms with E-state index in [-0.39, 0.29) is 36.2 Å². The molecule has 0 aromatic rings. The van der Waals surface area contributed by atoms with Crippen molar-refractivity contribution in [3.63, 3.8) is 0 Å². The van der Waals surface area contributed by atoms with Crippen molar-refractivity contribution in [1.82, 2.24) is 9.21 Å². The Hall–Kier alpha value is -0.370. The lowest BCUT2D eigenvalue weighted by atomic mass is 10.0. The molecular weight excluding hydrogens is 362 g/mol. The van der Waals surface area contributed by atoms with Crippen molar-refractivity contribution in [3.05, 3.63) is 0 Å². The van der Waals surface area contributed by atoms with Crippen molar-refractivity contribution in [3.8, 4) is 0 Å². The number of hydrogen-bond donors (Lipinski definition) is 1. The summed E-state index contributed by atoms with van der Waals surface area (Å²) < 4.78 is 27.8. The number of amides is 1. The van der Waals surface area contributed by atoms with Crippen molar-refractivity contribution < 1.29 is 13.2 Å². The molecule has 2 N–H and O–H groups in total. The van der Waals surface area contributed by atoms with Crippen LogP contribution in [0.15, 0.2) is 0 Å². The number of rotatable bonds is 4. The standard InChI is InChI=1S/C17H31N3O3S.ClH/c1-13-9-14(10-18)11-20(13)24(22,23)16-7-4-8-19(12-16)17(21)15-5-2-3-6-15;/h13-16H,2-12,18H2,1H3;1H. The summed E-state index contributed by atoms with van der Waals surface area (Å²) in [5.41, 5.74) is 5.74. The summed E-state index contributed by atoms with van der Waals surface area (Å²) in [6, 6.07) is 0.0180. The largest absolute Gasteiger partial charge is 0.341 e. The summed E-state index contributed by atoms with van der Waals surface area (Å²) in [6.07, 6.45) is 6.46. The van der Waals surface area contributed by atoms with E-state index in [0.717, 1.165) is 38.5 Å². The summed E-state index contributed by atoms with van der Waals surface area (Å²) in [7, 11) is -3.36. The molecule has 3 rings (SSSR count). The lowest BCUT2D eigenvalue weighted by molar-refractivity contribution is -0.136. The predicted molar refractivity (Wildman–Crippen MR) is 101 cm³/mol. The zero-order chi connectivity index (χ0) is 17.3. The monoisotopic (exact) mass is 393 g/mol. The molecular formula is C17H32ClN3O3S. The number of nitrogens with two attached hydrogens (primary N) is 1. The minimum absolute atomic E-state index is 0. The summed E-state index contributed by atoms with van der Waals surface area (Å²) in [5.74, 6) is 0.565. The summed E-state index contributed by atoms with van der Waals surface area (Å²) in [6.45, 7) is 4.12. The van der Waals surface area contributed by atoms with E-state index in [1.807, 2.05) is 11.8 Å². The summed E-state index contributed by atoms with van der Waals surface area (Å²) in [4.78, 5) is 14.5. The van der Waals surface area contributed by atoms with Gasteiger partial charge in [0.15, 0.2) is 0 Å². The van der Waals surface area contributed by atoms with Gasteiger partial charge in [0, 0.05) is 31.6 Å². The molecule has 2 heterocycles. The number of sulfonamides is 1. The second-order valence-corrected chi connectivity index (χ2v) is 10.00. The van der Waals surface area contributed by atoms with Crippen molar-refractivity contribution >= 4 is 28.3 Å². The van der Waals surface area contributed by atoms with Gasteiger partial charge in [0.2, 0.25) is 15.9 Å². The molecule has 0 bridgehead atoms. The van der Waals surface area contributed by atoms with E-state index in [1.165, 1.54) is 0 Å². The van der Waals surface area contributed by atoms with Crippen LogP contribution in [0.1, 0.15) is 51.9 Å². The van der Waals surface area contributed by atoms with Gasteiger partial charge in [-0.05, 0) is 51.5 Å². The van der Waals surface area contributed by atoms with Gasteiger partial charge in [-0.2, -0.15) is 4.31 Å². The highest BCUT2D eigenvalue weighted by molar-refractivity contribution is 7.89. The van der Waals surface area contributed by atoms with Crippen LogP contribution in [0.3, 0.4) is 0 Å². The second-order valence-electron chi connectivity index (χ2n) is 7.83. The number of piperidine rings is 1. The fourth-order valence-electron chi connectivity index (χ4n) is 4.64. The number of nitrogens with zero attached hydrogens (tertiary/aromatic N) is 2. The van der Waals surface area contributed by atoms with Crippen LogP contribution in [0.25, 0.3) is 0 Å². The van der Waals surface area contributed by atoms with E-state index in [9.17, 15) is 13.2 Å². The summed E-state index contributed by atoms with van der Waals surface area (Å²) >= 11 is 0. The first-order valence-electron chi connectivity index (χ1n) is 9.43. The maximum Gasteiger partial charge on any atom is 0.225 e. The molecule has 1 amide bonds. The molecule has 1 aliphatic carbocycles. The van der Waals surface area contributed by atoms with Crippen LogP contribution in [0.2, 0.25) is 0 Å². The third kappa shape index (κ3) is 4.31. The van der Waals surface area contributed by atoms with Gasteiger partial charge in [0.25, 0.3) is 0 Å². The zero-order valence-corrected chi connectivity index (χ0v) is 16.7. The van der Waals surface area contributed by atoms with Crippen molar-refractivity contribution in [1.29, 1.82) is 0 Å². The average molecular weight is 394 g/mol. The van der Waals surface area contributed by atoms with Crippen LogP contribution in [-0.2, 0) is 14.8 Å². The maximum atomic E-state index is 13.1. The van der Waals surface area contributed by atoms with Crippen LogP contribution in [0, 0.1) is 11.8 Å². The van der Waals surface area contributed by atoms with Gasteiger partial charge in [0.05, 0.1) is 5.25 Å². The Balaban J connectivity index is 0.00000225. The first-order valence-corrected chi connectivity index (χ1v) is 10.9. The molecule has 146 valence electrons. The van der Waals surface area contributed by atoms with Gasteiger partial charge in [-0.15, -0.1) is 12.4 Å². The highest BCUT2D eigenvalue weighted by atomic mass is 35.5. The third-order valence-corrected chi connectivity index (χ3v) is 8.47. The quantitative estimate of drug-likeness (QED) is 0.786. The minimum Gasteiger partial charge on any atom is -0.341 e. The Bertz CT molecular complexity index is 565. The fourth-order valence-corrected chi connectivity index (χ4v) is 6.86. The van der Waals surface area contributed by atoms with Crippen LogP contribution >= 0.6 is 12.4 Å². The van der Waals surface area contributed by atoms with Crippen molar-refractivity contribution in [2.45, 2.75) is 63.2 Å². The van der Waals surface area contributed by atoms with Gasteiger partial charge in [-0.3, -0.25) is 4.79 Å². The molecule has 0 radical (unpaired) electrons. The van der Waals surface area contributed by atoms with Crippen LogP contribution in [0.4, 0.5) is 0 Å². The van der Waals surface area contributed by atoms with Gasteiger partial charge in [-0.25, -0.2) is 8.42 Å². The number of carbonyl (C=O) groups is 1. The molecule has 3 atom stereocenters. The van der Waals surface area contributed by atoms with Gasteiger partial charge in [0.1, 0.15) is 0 Å². The van der Waals surface area contributed by atoms with Crippen LogP contribution < -0.4 is 5.73 Å². The Morgan fingerprint density at radius 1 is 1.12 bits per heavy atom. The zero-order valence-electron chi connectivity index (χ0n) is 15.1. The first kappa shape index (κ1) is 20.9. The topological polar surface area (TPSA) is 83.7 Å². The Kier molecular flexibility index (Phi) is 7.16. The highest BCUT2D eigenvalue weighted by Crippen LogP contribution is 2.32. The first-order chi connectivity index (χ1) is 11.4. The molecule has 3 fully saturated rings. The van der Waals surface area contributed by atoms with Gasteiger partial charge in [-0.1, -0.05) is 12.8 Å². The molecule has 2 saturated heterocycles. The van der Waals surface area contributed by atoms with E-state index < -0.39 is 15.3 Å². The van der Waals surface area contributed by atoms with Crippen molar-refractivity contribution in [2.24, 2.45) is 17.6 Å². The molecule has 0 spiro atoms. The van der Waals surface area contributed by atoms with E-state index in [1.54, 1.807) is 4.31 Å². The Morgan fingerprint density at radius 3 is 2.40 bits per heavy atom. The van der Waals surface area contributed by atoms with Gasteiger partial charge >= 0.3 is 0 Å². The number of likely N-dealkylation sites (tertiary alicyclic amines) is 1. The molecule has 6 nitrogen and oxygen atoms in total. The SMILES string of the molecule is CC1CC(CN)CN1S(=O)(=O)C1CCCN(C(=O)C2CCCC2)C1.Cl. The normalized spacial score (nSPS) is 31.9. The molecule has 25 heavy (non-hydrogen) atoms. The maximum absolute atomic E-state index is 13.1. The lowest BCUT2D eigenvalue weighted by Gasteiger charge is -2.36. The minimum atomic E-state index is -3.36. The molecule has 0 aromatic heterocycles. The lowest BCUT2D eigenvalue weighted by Crippen LogP contribution is -2.51. The van der Waals surface area contributed by atoms with Crippen LogP contribution in [0.5, 0.6) is 0 Å². The van der Waals surface area contributed by atoms with E-state index in [0.29, 0.717) is 32.6 Å². The second kappa shape index (κ2) is 8.55. The smallest absolute Gasteiger partial charge is 0.225 e. The molecule has 2 aliphatic heterocycles. The van der Waals surface area contributed by atoms with Crippen LogP contribution in [-0.4, -0.2) is 61.0 Å². The molecule has 3 aliphatic rings. The average Bonchev–Trinajstić information content (AvgIpc) is 3.24. The number of hydrogen-bond acceptors (Lipinski definition) is 4. The molecule has 1 saturated carbocycles. The molecule has 0 aromatic carbocycles.